The first-order valence-corrected chi connectivity index (χ1v) is 10.7. The summed E-state index contributed by atoms with van der Waals surface area (Å²) in [6.45, 7) is 5.30. The number of aryl methyl sites for hydroxylation is 1. The van der Waals surface area contributed by atoms with Crippen LogP contribution in [0.25, 0.3) is 0 Å². The van der Waals surface area contributed by atoms with Gasteiger partial charge in [0.05, 0.1) is 12.8 Å². The molecule has 0 saturated carbocycles. The molecule has 1 N–H and O–H groups in total. The van der Waals surface area contributed by atoms with Crippen LogP contribution >= 0.6 is 15.9 Å². The van der Waals surface area contributed by atoms with Crippen molar-refractivity contribution in [3.05, 3.63) is 45.9 Å². The molecule has 1 aliphatic heterocycles. The Balaban J connectivity index is 2.06. The topological polar surface area (TPSA) is 75.7 Å². The molecule has 0 aliphatic carbocycles. The molecule has 144 valence electrons. The van der Waals surface area contributed by atoms with Crippen LogP contribution in [0, 0.1) is 6.92 Å². The Morgan fingerprint density at radius 3 is 2.63 bits per heavy atom. The molecule has 1 amide bonds. The number of nitrogens with one attached hydrogen (secondary N) is 1. The largest absolute Gasteiger partial charge is 0.495 e. The van der Waals surface area contributed by atoms with Gasteiger partial charge in [0.25, 0.3) is 10.0 Å². The first-order chi connectivity index (χ1) is 12.6. The van der Waals surface area contributed by atoms with Crippen LogP contribution in [0.15, 0.2) is 39.7 Å². The van der Waals surface area contributed by atoms with Crippen LogP contribution in [0.4, 0.5) is 11.4 Å². The van der Waals surface area contributed by atoms with Crippen LogP contribution < -0.4 is 14.4 Å². The maximum atomic E-state index is 13.1. The van der Waals surface area contributed by atoms with Crippen molar-refractivity contribution in [1.29, 1.82) is 0 Å². The third-order valence-corrected chi connectivity index (χ3v) is 6.90. The summed E-state index contributed by atoms with van der Waals surface area (Å²) in [5, 5.41) is 0. The molecule has 0 spiro atoms. The molecule has 6 nitrogen and oxygen atoms in total. The first kappa shape index (κ1) is 19.7. The highest BCUT2D eigenvalue weighted by atomic mass is 79.9. The molecule has 0 unspecified atom stereocenters. The number of carbonyl (C=O) groups is 1. The van der Waals surface area contributed by atoms with E-state index in [1.54, 1.807) is 29.2 Å². The number of hydrogen-bond donors (Lipinski definition) is 1. The van der Waals surface area contributed by atoms with Crippen LogP contribution in [0.2, 0.25) is 0 Å². The van der Waals surface area contributed by atoms with E-state index in [1.165, 1.54) is 14.0 Å². The summed E-state index contributed by atoms with van der Waals surface area (Å²) in [4.78, 5) is 13.7. The van der Waals surface area contributed by atoms with Gasteiger partial charge in [-0.1, -0.05) is 6.07 Å². The van der Waals surface area contributed by atoms with E-state index in [1.807, 2.05) is 19.9 Å². The second-order valence-corrected chi connectivity index (χ2v) is 9.17. The molecular formula is C19H21BrN2O4S. The number of rotatable bonds is 4. The summed E-state index contributed by atoms with van der Waals surface area (Å²) in [7, 11) is -2.41. The third-order valence-electron chi connectivity index (χ3n) is 4.58. The Morgan fingerprint density at radius 1 is 1.30 bits per heavy atom. The molecule has 8 heteroatoms. The normalized spacial score (nSPS) is 16.2. The zero-order valence-electron chi connectivity index (χ0n) is 15.5. The fourth-order valence-corrected chi connectivity index (χ4v) is 5.58. The molecule has 3 rings (SSSR count). The minimum Gasteiger partial charge on any atom is -0.495 e. The smallest absolute Gasteiger partial charge is 0.263 e. The Bertz CT molecular complexity index is 1020. The lowest BCUT2D eigenvalue weighted by Gasteiger charge is -2.21. The predicted molar refractivity (Wildman–Crippen MR) is 109 cm³/mol. The van der Waals surface area contributed by atoms with E-state index in [0.717, 1.165) is 11.1 Å². The minimum absolute atomic E-state index is 0.00724. The van der Waals surface area contributed by atoms with Crippen LogP contribution in [0.5, 0.6) is 5.75 Å². The van der Waals surface area contributed by atoms with E-state index in [4.69, 9.17) is 4.74 Å². The maximum Gasteiger partial charge on any atom is 0.263 e. The highest BCUT2D eigenvalue weighted by molar-refractivity contribution is 9.10. The lowest BCUT2D eigenvalue weighted by molar-refractivity contribution is -0.116. The molecule has 2 aromatic carbocycles. The summed E-state index contributed by atoms with van der Waals surface area (Å²) < 4.78 is 34.4. The van der Waals surface area contributed by atoms with Gasteiger partial charge in [-0.3, -0.25) is 9.52 Å². The van der Waals surface area contributed by atoms with Gasteiger partial charge in [0.2, 0.25) is 5.91 Å². The SMILES string of the molecule is COc1ccc(C)cc1NS(=O)(=O)c1cc2c(cc1Br)C[C@@H](C)N2C(C)=O. The van der Waals surface area contributed by atoms with Gasteiger partial charge in [0.1, 0.15) is 10.6 Å². The van der Waals surface area contributed by atoms with E-state index in [0.29, 0.717) is 28.0 Å². The van der Waals surface area contributed by atoms with Gasteiger partial charge >= 0.3 is 0 Å². The van der Waals surface area contributed by atoms with Crippen LogP contribution in [0.1, 0.15) is 25.0 Å². The molecule has 0 saturated heterocycles. The number of benzene rings is 2. The van der Waals surface area contributed by atoms with Crippen LogP contribution in [-0.2, 0) is 21.2 Å². The summed E-state index contributed by atoms with van der Waals surface area (Å²) in [6, 6.07) is 8.58. The van der Waals surface area contributed by atoms with Crippen molar-refractivity contribution in [1.82, 2.24) is 0 Å². The number of fused-ring (bicyclic) bond motifs is 1. The van der Waals surface area contributed by atoms with Crippen LogP contribution in [-0.4, -0.2) is 27.5 Å². The van der Waals surface area contributed by atoms with Crippen molar-refractivity contribution in [2.24, 2.45) is 0 Å². The Kier molecular flexibility index (Phi) is 5.22. The first-order valence-electron chi connectivity index (χ1n) is 8.43. The van der Waals surface area contributed by atoms with Crippen molar-refractivity contribution in [3.8, 4) is 5.75 Å². The van der Waals surface area contributed by atoms with E-state index in [-0.39, 0.29) is 16.8 Å². The number of amides is 1. The molecule has 27 heavy (non-hydrogen) atoms. The number of halogens is 1. The number of sulfonamides is 1. The number of methoxy groups -OCH3 is 1. The number of carbonyl (C=O) groups excluding carboxylic acids is 1. The molecule has 0 bridgehead atoms. The Labute approximate surface area is 167 Å². The number of anilines is 2. The van der Waals surface area contributed by atoms with Gasteiger partial charge in [0.15, 0.2) is 0 Å². The van der Waals surface area contributed by atoms with Crippen molar-refractivity contribution < 1.29 is 17.9 Å². The van der Waals surface area contributed by atoms with Gasteiger partial charge in [-0.05, 0) is 71.6 Å². The molecule has 1 atom stereocenters. The standard InChI is InChI=1S/C19H21BrN2O4S/c1-11-5-6-18(26-4)16(7-11)21-27(24,25)19-10-17-14(9-15(19)20)8-12(2)22(17)13(3)23/h5-7,9-10,12,21H,8H2,1-4H3/t12-/m1/s1. The van der Waals surface area contributed by atoms with Gasteiger partial charge < -0.3 is 9.64 Å². The monoisotopic (exact) mass is 452 g/mol. The van der Waals surface area contributed by atoms with Crippen molar-refractivity contribution in [3.63, 3.8) is 0 Å². The summed E-state index contributed by atoms with van der Waals surface area (Å²) in [6.07, 6.45) is 0.687. The average Bonchev–Trinajstić information content (AvgIpc) is 2.88. The van der Waals surface area contributed by atoms with E-state index < -0.39 is 10.0 Å². The molecule has 2 aromatic rings. The fraction of sp³-hybridized carbons (Fsp3) is 0.316. The fourth-order valence-electron chi connectivity index (χ4n) is 3.41. The zero-order chi connectivity index (χ0) is 19.9. The van der Waals surface area contributed by atoms with Crippen molar-refractivity contribution in [2.75, 3.05) is 16.7 Å². The Hall–Kier alpha value is -2.06. The predicted octanol–water partition coefficient (Wildman–Crippen LogP) is 3.86. The van der Waals surface area contributed by atoms with E-state index in [2.05, 4.69) is 20.7 Å². The minimum atomic E-state index is -3.90. The lowest BCUT2D eigenvalue weighted by Crippen LogP contribution is -2.33. The van der Waals surface area contributed by atoms with Gasteiger partial charge in [-0.15, -0.1) is 0 Å². The van der Waals surface area contributed by atoms with Gasteiger partial charge in [0, 0.05) is 23.1 Å². The second kappa shape index (κ2) is 7.16. The average molecular weight is 453 g/mol. The molecule has 0 aromatic heterocycles. The van der Waals surface area contributed by atoms with E-state index >= 15 is 0 Å². The number of nitrogens with zero attached hydrogens (tertiary/aromatic N) is 1. The summed E-state index contributed by atoms with van der Waals surface area (Å²) in [5.74, 6) is 0.320. The zero-order valence-corrected chi connectivity index (χ0v) is 17.9. The molecule has 0 radical (unpaired) electrons. The number of hydrogen-bond acceptors (Lipinski definition) is 4. The second-order valence-electron chi connectivity index (χ2n) is 6.66. The van der Waals surface area contributed by atoms with Crippen molar-refractivity contribution >= 4 is 43.2 Å². The van der Waals surface area contributed by atoms with E-state index in [9.17, 15) is 13.2 Å². The molecular weight excluding hydrogens is 432 g/mol. The third kappa shape index (κ3) is 3.68. The van der Waals surface area contributed by atoms with Gasteiger partial charge in [-0.25, -0.2) is 8.42 Å². The van der Waals surface area contributed by atoms with Crippen LogP contribution in [0.3, 0.4) is 0 Å². The summed E-state index contributed by atoms with van der Waals surface area (Å²) in [5.41, 5.74) is 2.84. The quantitative estimate of drug-likeness (QED) is 0.763. The summed E-state index contributed by atoms with van der Waals surface area (Å²) >= 11 is 3.37. The highest BCUT2D eigenvalue weighted by Gasteiger charge is 2.32. The Morgan fingerprint density at radius 2 is 2.00 bits per heavy atom. The molecule has 1 heterocycles. The lowest BCUT2D eigenvalue weighted by atomic mass is 10.1. The molecule has 0 fully saturated rings. The van der Waals surface area contributed by atoms with Crippen molar-refractivity contribution in [2.45, 2.75) is 38.1 Å². The number of ether oxygens (including phenoxy) is 1. The molecule has 1 aliphatic rings. The highest BCUT2D eigenvalue weighted by Crippen LogP contribution is 2.39. The maximum absolute atomic E-state index is 13.1. The van der Waals surface area contributed by atoms with Gasteiger partial charge in [-0.2, -0.15) is 0 Å².